The molecule has 0 saturated heterocycles. The number of hydrogen-bond donors (Lipinski definition) is 0. The first-order valence-electron chi connectivity index (χ1n) is 7.39. The van der Waals surface area contributed by atoms with Crippen molar-refractivity contribution in [3.05, 3.63) is 57.8 Å². The van der Waals surface area contributed by atoms with Crippen LogP contribution in [0.15, 0.2) is 41.1 Å². The van der Waals surface area contributed by atoms with Gasteiger partial charge in [-0.1, -0.05) is 18.2 Å². The van der Waals surface area contributed by atoms with Crippen molar-refractivity contribution in [1.82, 2.24) is 4.90 Å². The molecule has 2 aromatic rings. The first-order chi connectivity index (χ1) is 11.2. The maximum absolute atomic E-state index is 12.6. The predicted octanol–water partition coefficient (Wildman–Crippen LogP) is 2.98. The van der Waals surface area contributed by atoms with Crippen molar-refractivity contribution < 1.29 is 19.1 Å². The summed E-state index contributed by atoms with van der Waals surface area (Å²) in [7, 11) is 0. The Balaban J connectivity index is 1.81. The molecule has 2 heterocycles. The van der Waals surface area contributed by atoms with Gasteiger partial charge in [-0.15, -0.1) is 0 Å². The molecular formula is C17H17NO4S. The molecule has 1 aromatic carbocycles. The highest BCUT2D eigenvalue weighted by Gasteiger charge is 2.37. The average molecular weight is 331 g/mol. The summed E-state index contributed by atoms with van der Waals surface area (Å²) in [4.78, 5) is 25.8. The van der Waals surface area contributed by atoms with E-state index in [-0.39, 0.29) is 12.5 Å². The van der Waals surface area contributed by atoms with Crippen LogP contribution < -0.4 is 0 Å². The Morgan fingerprint density at radius 1 is 1.30 bits per heavy atom. The molecule has 0 fully saturated rings. The van der Waals surface area contributed by atoms with E-state index in [4.69, 9.17) is 9.47 Å². The normalized spacial score (nSPS) is 16.5. The first-order valence-corrected chi connectivity index (χ1v) is 8.33. The summed E-state index contributed by atoms with van der Waals surface area (Å²) in [5.41, 5.74) is 2.45. The number of ether oxygens (including phenoxy) is 2. The minimum Gasteiger partial charge on any atom is -0.464 e. The molecule has 0 bridgehead atoms. The third-order valence-electron chi connectivity index (χ3n) is 3.60. The van der Waals surface area contributed by atoms with Crippen LogP contribution in [0.3, 0.4) is 0 Å². The van der Waals surface area contributed by atoms with Gasteiger partial charge in [0.05, 0.1) is 6.61 Å². The molecule has 1 amide bonds. The third-order valence-corrected chi connectivity index (χ3v) is 4.33. The van der Waals surface area contributed by atoms with Crippen LogP contribution in [0.5, 0.6) is 0 Å². The standard InChI is InChI=1S/C17H17NO4S/c1-2-21-15(19)10-22-17-14-6-4-3-5-13(14)16(20)18(17)9-12-7-8-23-11-12/h3-8,11,17H,2,9-10H2,1H3. The molecular weight excluding hydrogens is 314 g/mol. The summed E-state index contributed by atoms with van der Waals surface area (Å²) in [5.74, 6) is -0.513. The number of rotatable bonds is 6. The topological polar surface area (TPSA) is 55.8 Å². The fourth-order valence-electron chi connectivity index (χ4n) is 2.60. The van der Waals surface area contributed by atoms with Crippen molar-refractivity contribution in [2.45, 2.75) is 19.7 Å². The summed E-state index contributed by atoms with van der Waals surface area (Å²) >= 11 is 1.58. The van der Waals surface area contributed by atoms with Crippen LogP contribution in [0.1, 0.15) is 34.6 Å². The molecule has 0 spiro atoms. The average Bonchev–Trinajstić information content (AvgIpc) is 3.15. The van der Waals surface area contributed by atoms with Crippen LogP contribution in [-0.2, 0) is 20.8 Å². The van der Waals surface area contributed by atoms with Gasteiger partial charge in [0.15, 0.2) is 6.23 Å². The van der Waals surface area contributed by atoms with Crippen LogP contribution in [0, 0.1) is 0 Å². The molecule has 0 radical (unpaired) electrons. The van der Waals surface area contributed by atoms with Crippen LogP contribution in [-0.4, -0.2) is 30.0 Å². The lowest BCUT2D eigenvalue weighted by Crippen LogP contribution is -2.30. The molecule has 0 aliphatic carbocycles. The van der Waals surface area contributed by atoms with Gasteiger partial charge in [-0.05, 0) is 35.4 Å². The number of carbonyl (C=O) groups is 2. The minimum absolute atomic E-state index is 0.0827. The lowest BCUT2D eigenvalue weighted by Gasteiger charge is -2.24. The van der Waals surface area contributed by atoms with Gasteiger partial charge in [0.2, 0.25) is 0 Å². The van der Waals surface area contributed by atoms with E-state index in [2.05, 4.69) is 0 Å². The van der Waals surface area contributed by atoms with Crippen LogP contribution in [0.4, 0.5) is 0 Å². The summed E-state index contributed by atoms with van der Waals surface area (Å²) in [6, 6.07) is 9.31. The van der Waals surface area contributed by atoms with Gasteiger partial charge < -0.3 is 14.4 Å². The number of nitrogens with zero attached hydrogens (tertiary/aromatic N) is 1. The summed E-state index contributed by atoms with van der Waals surface area (Å²) in [6.07, 6.45) is -0.567. The maximum atomic E-state index is 12.6. The highest BCUT2D eigenvalue weighted by atomic mass is 32.1. The number of benzene rings is 1. The molecule has 0 N–H and O–H groups in total. The van der Waals surface area contributed by atoms with E-state index in [0.717, 1.165) is 11.1 Å². The smallest absolute Gasteiger partial charge is 0.332 e. The van der Waals surface area contributed by atoms with Crippen molar-refractivity contribution in [2.24, 2.45) is 0 Å². The maximum Gasteiger partial charge on any atom is 0.332 e. The Kier molecular flexibility index (Phi) is 4.73. The van der Waals surface area contributed by atoms with Crippen molar-refractivity contribution in [3.8, 4) is 0 Å². The van der Waals surface area contributed by atoms with Crippen molar-refractivity contribution in [3.63, 3.8) is 0 Å². The molecule has 1 aliphatic heterocycles. The number of fused-ring (bicyclic) bond motifs is 1. The molecule has 6 heteroatoms. The van der Waals surface area contributed by atoms with E-state index >= 15 is 0 Å². The molecule has 1 atom stereocenters. The lowest BCUT2D eigenvalue weighted by molar-refractivity contribution is -0.154. The highest BCUT2D eigenvalue weighted by molar-refractivity contribution is 7.07. The first kappa shape index (κ1) is 15.7. The van der Waals surface area contributed by atoms with Gasteiger partial charge in [0.25, 0.3) is 5.91 Å². The van der Waals surface area contributed by atoms with Gasteiger partial charge in [0, 0.05) is 17.7 Å². The van der Waals surface area contributed by atoms with E-state index in [1.165, 1.54) is 0 Å². The zero-order chi connectivity index (χ0) is 16.2. The quantitative estimate of drug-likeness (QED) is 0.764. The predicted molar refractivity (Wildman–Crippen MR) is 86.0 cm³/mol. The van der Waals surface area contributed by atoms with Gasteiger partial charge in [-0.2, -0.15) is 11.3 Å². The van der Waals surface area contributed by atoms with Gasteiger partial charge in [0.1, 0.15) is 6.61 Å². The summed E-state index contributed by atoms with van der Waals surface area (Å²) < 4.78 is 10.6. The van der Waals surface area contributed by atoms with E-state index in [9.17, 15) is 9.59 Å². The van der Waals surface area contributed by atoms with E-state index in [1.54, 1.807) is 29.2 Å². The second-order valence-corrected chi connectivity index (χ2v) is 5.90. The van der Waals surface area contributed by atoms with Crippen LogP contribution in [0.25, 0.3) is 0 Å². The molecule has 1 aromatic heterocycles. The summed E-state index contributed by atoms with van der Waals surface area (Å²) in [6.45, 7) is 2.32. The number of carbonyl (C=O) groups excluding carboxylic acids is 2. The van der Waals surface area contributed by atoms with Crippen molar-refractivity contribution >= 4 is 23.2 Å². The Bertz CT molecular complexity index is 698. The second-order valence-electron chi connectivity index (χ2n) is 5.12. The Labute approximate surface area is 138 Å². The molecule has 1 unspecified atom stereocenters. The van der Waals surface area contributed by atoms with Gasteiger partial charge in [-0.3, -0.25) is 4.79 Å². The second kappa shape index (κ2) is 6.93. The number of thiophene rings is 1. The molecule has 3 rings (SSSR count). The molecule has 120 valence electrons. The Morgan fingerprint density at radius 2 is 2.13 bits per heavy atom. The molecule has 1 aliphatic rings. The number of esters is 1. The van der Waals surface area contributed by atoms with E-state index in [1.807, 2.05) is 35.0 Å². The van der Waals surface area contributed by atoms with Crippen molar-refractivity contribution in [2.75, 3.05) is 13.2 Å². The molecule has 0 saturated carbocycles. The van der Waals surface area contributed by atoms with Gasteiger partial charge in [-0.25, -0.2) is 4.79 Å². The zero-order valence-electron chi connectivity index (χ0n) is 12.7. The van der Waals surface area contributed by atoms with Crippen molar-refractivity contribution in [1.29, 1.82) is 0 Å². The third kappa shape index (κ3) is 3.28. The largest absolute Gasteiger partial charge is 0.464 e. The Morgan fingerprint density at radius 3 is 2.87 bits per heavy atom. The van der Waals surface area contributed by atoms with Crippen LogP contribution >= 0.6 is 11.3 Å². The zero-order valence-corrected chi connectivity index (χ0v) is 13.5. The molecule has 5 nitrogen and oxygen atoms in total. The van der Waals surface area contributed by atoms with E-state index < -0.39 is 12.2 Å². The van der Waals surface area contributed by atoms with Gasteiger partial charge >= 0.3 is 5.97 Å². The van der Waals surface area contributed by atoms with E-state index in [0.29, 0.717) is 18.7 Å². The SMILES string of the molecule is CCOC(=O)COC1c2ccccc2C(=O)N1Cc1ccsc1. The Hall–Kier alpha value is -2.18. The monoisotopic (exact) mass is 331 g/mol. The lowest BCUT2D eigenvalue weighted by atomic mass is 10.1. The highest BCUT2D eigenvalue weighted by Crippen LogP contribution is 2.35. The number of amides is 1. The molecule has 23 heavy (non-hydrogen) atoms. The fraction of sp³-hybridized carbons (Fsp3) is 0.294. The minimum atomic E-state index is -0.567. The fourth-order valence-corrected chi connectivity index (χ4v) is 3.26. The number of hydrogen-bond acceptors (Lipinski definition) is 5. The summed E-state index contributed by atoms with van der Waals surface area (Å²) in [5, 5.41) is 3.97. The van der Waals surface area contributed by atoms with Crippen LogP contribution in [0.2, 0.25) is 0 Å².